The maximum atomic E-state index is 14.1. The van der Waals surface area contributed by atoms with Crippen LogP contribution in [-0.4, -0.2) is 0 Å². The molecule has 0 amide bonds. The van der Waals surface area contributed by atoms with E-state index in [1.54, 1.807) is 19.1 Å². The van der Waals surface area contributed by atoms with E-state index >= 15 is 0 Å². The number of hydrogen-bond acceptors (Lipinski definition) is 0. The zero-order valence-corrected chi connectivity index (χ0v) is 14.4. The predicted molar refractivity (Wildman–Crippen MR) is 96.0 cm³/mol. The zero-order valence-electron chi connectivity index (χ0n) is 14.4. The molecule has 0 aromatic heterocycles. The molecule has 0 atom stereocenters. The van der Waals surface area contributed by atoms with Crippen molar-refractivity contribution in [3.05, 3.63) is 71.3 Å². The van der Waals surface area contributed by atoms with E-state index in [0.717, 1.165) is 11.5 Å². The lowest BCUT2D eigenvalue weighted by Crippen LogP contribution is -2.11. The highest BCUT2D eigenvalue weighted by Gasteiger charge is 2.21. The molecule has 0 bridgehead atoms. The number of aryl methyl sites for hydroxylation is 1. The number of benzene rings is 2. The maximum Gasteiger partial charge on any atom is 0.166 e. The third kappa shape index (κ3) is 3.43. The second-order valence-corrected chi connectivity index (χ2v) is 6.82. The second-order valence-electron chi connectivity index (χ2n) is 6.82. The summed E-state index contributed by atoms with van der Waals surface area (Å²) in [7, 11) is 0. The van der Waals surface area contributed by atoms with Crippen molar-refractivity contribution in [2.24, 2.45) is 5.92 Å². The highest BCUT2D eigenvalue weighted by molar-refractivity contribution is 5.65. The molecule has 0 aliphatic heterocycles. The van der Waals surface area contributed by atoms with Gasteiger partial charge in [0.25, 0.3) is 0 Å². The second kappa shape index (κ2) is 7.29. The molecule has 1 fully saturated rings. The van der Waals surface area contributed by atoms with Crippen LogP contribution in [0.3, 0.4) is 0 Å². The smallest absolute Gasteiger partial charge is 0.166 e. The Labute approximate surface area is 143 Å². The lowest BCUT2D eigenvalue weighted by atomic mass is 9.78. The molecular weight excluding hydrogens is 302 g/mol. The molecule has 0 unspecified atom stereocenters. The van der Waals surface area contributed by atoms with Crippen molar-refractivity contribution in [3.8, 4) is 11.1 Å². The van der Waals surface area contributed by atoms with Gasteiger partial charge in [0.05, 0.1) is 0 Å². The van der Waals surface area contributed by atoms with E-state index < -0.39 is 11.6 Å². The van der Waals surface area contributed by atoms with Crippen LogP contribution in [0.5, 0.6) is 0 Å². The van der Waals surface area contributed by atoms with E-state index in [2.05, 4.69) is 31.2 Å². The molecule has 1 saturated carbocycles. The van der Waals surface area contributed by atoms with Crippen molar-refractivity contribution >= 4 is 0 Å². The summed E-state index contributed by atoms with van der Waals surface area (Å²) < 4.78 is 27.9. The fourth-order valence-corrected chi connectivity index (χ4v) is 3.72. The Kier molecular flexibility index (Phi) is 5.13. The van der Waals surface area contributed by atoms with Gasteiger partial charge in [0, 0.05) is 5.56 Å². The fourth-order valence-electron chi connectivity index (χ4n) is 3.72. The van der Waals surface area contributed by atoms with Crippen LogP contribution in [0.25, 0.3) is 11.1 Å². The Morgan fingerprint density at radius 2 is 1.54 bits per heavy atom. The van der Waals surface area contributed by atoms with E-state index in [4.69, 9.17) is 0 Å². The first-order chi connectivity index (χ1) is 11.6. The molecular formula is C22H24F2. The Morgan fingerprint density at radius 3 is 2.17 bits per heavy atom. The largest absolute Gasteiger partial charge is 0.203 e. The minimum Gasteiger partial charge on any atom is -0.203 e. The standard InChI is InChI=1S/C22H24F2/c1-3-4-16-6-8-17(9-7-16)18-10-12-19(13-11-18)20-14-5-15(2)21(23)22(20)24/h3-5,10-14,16-17H,6-9H2,1-2H3. The number of hydrogen-bond donors (Lipinski definition) is 0. The van der Waals surface area contributed by atoms with Crippen LogP contribution in [0, 0.1) is 24.5 Å². The SMILES string of the molecule is CC=CC1CCC(c2ccc(-c3ccc(C)c(F)c3F)cc2)CC1. The molecule has 2 aromatic carbocycles. The van der Waals surface area contributed by atoms with Crippen molar-refractivity contribution in [3.63, 3.8) is 0 Å². The topological polar surface area (TPSA) is 0 Å². The fraction of sp³-hybridized carbons (Fsp3) is 0.364. The normalized spacial score (nSPS) is 21.3. The number of halogens is 2. The van der Waals surface area contributed by atoms with Crippen LogP contribution in [-0.2, 0) is 0 Å². The molecule has 126 valence electrons. The van der Waals surface area contributed by atoms with E-state index in [0.29, 0.717) is 17.0 Å². The van der Waals surface area contributed by atoms with Gasteiger partial charge in [-0.1, -0.05) is 48.6 Å². The van der Waals surface area contributed by atoms with Gasteiger partial charge in [-0.3, -0.25) is 0 Å². The minimum absolute atomic E-state index is 0.335. The molecule has 1 aliphatic rings. The van der Waals surface area contributed by atoms with Gasteiger partial charge in [0.2, 0.25) is 0 Å². The van der Waals surface area contributed by atoms with Crippen molar-refractivity contribution < 1.29 is 8.78 Å². The van der Waals surface area contributed by atoms with E-state index in [-0.39, 0.29) is 0 Å². The first-order valence-corrected chi connectivity index (χ1v) is 8.78. The molecule has 3 rings (SSSR count). The van der Waals surface area contributed by atoms with Gasteiger partial charge < -0.3 is 0 Å². The first kappa shape index (κ1) is 16.9. The Hall–Kier alpha value is -1.96. The number of rotatable bonds is 3. The Bertz CT molecular complexity index is 720. The summed E-state index contributed by atoms with van der Waals surface area (Å²) in [6, 6.07) is 11.3. The number of allylic oxidation sites excluding steroid dienone is 2. The van der Waals surface area contributed by atoms with Gasteiger partial charge >= 0.3 is 0 Å². The van der Waals surface area contributed by atoms with E-state index in [9.17, 15) is 8.78 Å². The molecule has 1 aliphatic carbocycles. The van der Waals surface area contributed by atoms with Crippen LogP contribution in [0.1, 0.15) is 49.7 Å². The van der Waals surface area contributed by atoms with E-state index in [1.807, 2.05) is 12.1 Å². The third-order valence-electron chi connectivity index (χ3n) is 5.20. The van der Waals surface area contributed by atoms with Gasteiger partial charge in [-0.05, 0) is 68.1 Å². The van der Waals surface area contributed by atoms with Gasteiger partial charge in [0.1, 0.15) is 0 Å². The van der Waals surface area contributed by atoms with Gasteiger partial charge in [-0.25, -0.2) is 8.78 Å². The summed E-state index contributed by atoms with van der Waals surface area (Å²) in [4.78, 5) is 0. The summed E-state index contributed by atoms with van der Waals surface area (Å²) in [5.74, 6) is -0.205. The highest BCUT2D eigenvalue weighted by atomic mass is 19.2. The van der Waals surface area contributed by atoms with Crippen LogP contribution in [0.4, 0.5) is 8.78 Å². The molecule has 2 aromatic rings. The molecule has 0 spiro atoms. The van der Waals surface area contributed by atoms with E-state index in [1.165, 1.54) is 31.2 Å². The average Bonchev–Trinajstić information content (AvgIpc) is 2.61. The van der Waals surface area contributed by atoms with Gasteiger partial charge in [-0.2, -0.15) is 0 Å². The van der Waals surface area contributed by atoms with Crippen molar-refractivity contribution in [2.45, 2.75) is 45.4 Å². The van der Waals surface area contributed by atoms with Crippen molar-refractivity contribution in [1.82, 2.24) is 0 Å². The van der Waals surface area contributed by atoms with Crippen LogP contribution < -0.4 is 0 Å². The summed E-state index contributed by atoms with van der Waals surface area (Å²) in [6.07, 6.45) is 9.32. The lowest BCUT2D eigenvalue weighted by molar-refractivity contribution is 0.376. The van der Waals surface area contributed by atoms with Crippen LogP contribution >= 0.6 is 0 Å². The monoisotopic (exact) mass is 326 g/mol. The molecule has 0 nitrogen and oxygen atoms in total. The lowest BCUT2D eigenvalue weighted by Gasteiger charge is -2.27. The molecule has 0 saturated heterocycles. The summed E-state index contributed by atoms with van der Waals surface area (Å²) >= 11 is 0. The quantitative estimate of drug-likeness (QED) is 0.545. The van der Waals surface area contributed by atoms with Gasteiger partial charge in [0.15, 0.2) is 11.6 Å². The summed E-state index contributed by atoms with van der Waals surface area (Å²) in [6.45, 7) is 3.66. The molecule has 0 radical (unpaired) electrons. The maximum absolute atomic E-state index is 14.1. The molecule has 0 N–H and O–H groups in total. The molecule has 2 heteroatoms. The minimum atomic E-state index is -0.755. The summed E-state index contributed by atoms with van der Waals surface area (Å²) in [5, 5.41) is 0. The first-order valence-electron chi connectivity index (χ1n) is 8.78. The van der Waals surface area contributed by atoms with Crippen LogP contribution in [0.15, 0.2) is 48.6 Å². The zero-order chi connectivity index (χ0) is 17.1. The average molecular weight is 326 g/mol. The molecule has 24 heavy (non-hydrogen) atoms. The Balaban J connectivity index is 1.76. The van der Waals surface area contributed by atoms with Crippen LogP contribution in [0.2, 0.25) is 0 Å². The third-order valence-corrected chi connectivity index (χ3v) is 5.20. The summed E-state index contributed by atoms with van der Waals surface area (Å²) in [5.41, 5.74) is 2.72. The predicted octanol–water partition coefficient (Wildman–Crippen LogP) is 6.79. The van der Waals surface area contributed by atoms with Gasteiger partial charge in [-0.15, -0.1) is 0 Å². The highest BCUT2D eigenvalue weighted by Crippen LogP contribution is 2.37. The van der Waals surface area contributed by atoms with Crippen molar-refractivity contribution in [2.75, 3.05) is 0 Å². The Morgan fingerprint density at radius 1 is 0.875 bits per heavy atom. The molecule has 0 heterocycles. The van der Waals surface area contributed by atoms with Crippen molar-refractivity contribution in [1.29, 1.82) is 0 Å².